The second kappa shape index (κ2) is 8.36. The van der Waals surface area contributed by atoms with Crippen LogP contribution < -0.4 is 15.8 Å². The molecule has 1 fully saturated rings. The van der Waals surface area contributed by atoms with Gasteiger partial charge in [0.1, 0.15) is 24.6 Å². The van der Waals surface area contributed by atoms with Crippen LogP contribution in [0.3, 0.4) is 0 Å². The summed E-state index contributed by atoms with van der Waals surface area (Å²) in [5.41, 5.74) is -1.76. The number of aromatic nitrogens is 2. The number of halogens is 2. The first-order valence-electron chi connectivity index (χ1n) is 9.10. The maximum Gasteiger partial charge on any atom is 0.530 e. The number of nitrogens with one attached hydrogen (secondary N) is 1. The van der Waals surface area contributed by atoms with Crippen molar-refractivity contribution in [1.82, 2.24) is 9.55 Å². The lowest BCUT2D eigenvalue weighted by Gasteiger charge is -2.28. The first-order chi connectivity index (χ1) is 15.0. The molecule has 0 spiro atoms. The van der Waals surface area contributed by atoms with Gasteiger partial charge in [0, 0.05) is 16.8 Å². The number of nitrogens with zero attached hydrogens (tertiary/aromatic N) is 1. The number of hydrogen-bond acceptors (Lipinski definition) is 10. The summed E-state index contributed by atoms with van der Waals surface area (Å²) in [6.45, 7) is -2.17. The van der Waals surface area contributed by atoms with Gasteiger partial charge in [-0.05, 0) is 18.2 Å². The molecule has 0 radical (unpaired) electrons. The number of hydrogen-bond donors (Lipinski definition) is 4. The van der Waals surface area contributed by atoms with Crippen LogP contribution in [0, 0.1) is 0 Å². The van der Waals surface area contributed by atoms with E-state index < -0.39 is 56.6 Å². The number of alkyl halides is 1. The highest BCUT2D eigenvalue weighted by molar-refractivity contribution is 7.49. The van der Waals surface area contributed by atoms with E-state index in [4.69, 9.17) is 29.9 Å². The average Bonchev–Trinajstić information content (AvgIpc) is 2.97. The minimum Gasteiger partial charge on any atom is -0.404 e. The number of phosphoric acid groups is 1. The molecule has 0 aliphatic carbocycles. The standard InChI is InChI=1S/C17H17ClFN2O10P/c18-10-1-2-11-8(3-10)6-28-32(27,31-11)29-7-17(19)13(24)12(23)15(30-17)21-4-9(5-22)14(25)20-16(21)26/h1-4,12-13,15,22-24H,5-7H2,(H,20,25,26)/t12-,13+,15-,17-,32?/m1/s1. The van der Waals surface area contributed by atoms with Gasteiger partial charge in [-0.1, -0.05) is 11.6 Å². The lowest BCUT2D eigenvalue weighted by Crippen LogP contribution is -2.43. The number of aromatic amines is 1. The van der Waals surface area contributed by atoms with Crippen molar-refractivity contribution in [2.75, 3.05) is 6.61 Å². The zero-order valence-electron chi connectivity index (χ0n) is 16.0. The third kappa shape index (κ3) is 4.14. The molecule has 1 unspecified atom stereocenters. The SMILES string of the molecule is O=c1[nH]c(=O)n([C@@H]2O[C@](F)(COP3(=O)OCc4cc(Cl)ccc4O3)[C@@H](O)[C@H]2O)cc1CO. The summed E-state index contributed by atoms with van der Waals surface area (Å²) in [6, 6.07) is 4.41. The zero-order chi connectivity index (χ0) is 23.3. The fourth-order valence-electron chi connectivity index (χ4n) is 3.20. The van der Waals surface area contributed by atoms with Crippen LogP contribution in [-0.2, 0) is 31.6 Å². The molecule has 5 atom stereocenters. The van der Waals surface area contributed by atoms with E-state index in [1.807, 2.05) is 4.98 Å². The molecule has 3 heterocycles. The molecule has 12 nitrogen and oxygen atoms in total. The molecule has 1 aromatic carbocycles. The number of benzene rings is 1. The minimum absolute atomic E-state index is 0.138. The molecule has 0 amide bonds. The third-order valence-corrected chi connectivity index (χ3v) is 6.44. The molecule has 1 saturated heterocycles. The summed E-state index contributed by atoms with van der Waals surface area (Å²) in [4.78, 5) is 25.5. The zero-order valence-corrected chi connectivity index (χ0v) is 17.7. The minimum atomic E-state index is -4.33. The summed E-state index contributed by atoms with van der Waals surface area (Å²) in [5, 5.41) is 30.0. The molecule has 1 aromatic heterocycles. The molecular formula is C17H17ClFN2O10P. The van der Waals surface area contributed by atoms with Gasteiger partial charge in [0.2, 0.25) is 0 Å². The van der Waals surface area contributed by atoms with Crippen LogP contribution in [0.5, 0.6) is 5.75 Å². The number of fused-ring (bicyclic) bond motifs is 1. The van der Waals surface area contributed by atoms with Gasteiger partial charge < -0.3 is 24.6 Å². The average molecular weight is 495 g/mol. The number of ether oxygens (including phenoxy) is 1. The van der Waals surface area contributed by atoms with Crippen molar-refractivity contribution >= 4 is 19.4 Å². The van der Waals surface area contributed by atoms with E-state index >= 15 is 4.39 Å². The van der Waals surface area contributed by atoms with E-state index in [0.717, 1.165) is 6.20 Å². The van der Waals surface area contributed by atoms with E-state index in [1.54, 1.807) is 0 Å². The van der Waals surface area contributed by atoms with Crippen LogP contribution in [0.4, 0.5) is 4.39 Å². The topological polar surface area (TPSA) is 170 Å². The molecule has 2 aromatic rings. The van der Waals surface area contributed by atoms with E-state index in [-0.39, 0.29) is 17.9 Å². The van der Waals surface area contributed by atoms with Gasteiger partial charge in [0.05, 0.1) is 18.8 Å². The Labute approximate surface area is 183 Å². The molecule has 4 N–H and O–H groups in total. The highest BCUT2D eigenvalue weighted by Crippen LogP contribution is 2.56. The lowest BCUT2D eigenvalue weighted by atomic mass is 10.1. The second-order valence-electron chi connectivity index (χ2n) is 7.05. The van der Waals surface area contributed by atoms with E-state index in [1.165, 1.54) is 18.2 Å². The van der Waals surface area contributed by atoms with Crippen LogP contribution in [0.2, 0.25) is 5.02 Å². The quantitative estimate of drug-likeness (QED) is 0.425. The molecular weight excluding hydrogens is 478 g/mol. The van der Waals surface area contributed by atoms with Crippen molar-refractivity contribution in [2.24, 2.45) is 0 Å². The van der Waals surface area contributed by atoms with E-state index in [2.05, 4.69) is 0 Å². The molecule has 0 saturated carbocycles. The summed E-state index contributed by atoms with van der Waals surface area (Å²) >= 11 is 5.86. The van der Waals surface area contributed by atoms with Crippen molar-refractivity contribution in [2.45, 2.75) is 37.5 Å². The first-order valence-corrected chi connectivity index (χ1v) is 10.9. The summed E-state index contributed by atoms with van der Waals surface area (Å²) in [6.07, 6.45) is -5.18. The summed E-state index contributed by atoms with van der Waals surface area (Å²) in [5.74, 6) is -3.00. The van der Waals surface area contributed by atoms with Gasteiger partial charge in [0.25, 0.3) is 11.4 Å². The molecule has 2 aliphatic rings. The summed E-state index contributed by atoms with van der Waals surface area (Å²) < 4.78 is 48.8. The number of phosphoric ester groups is 1. The monoisotopic (exact) mass is 494 g/mol. The van der Waals surface area contributed by atoms with Crippen molar-refractivity contribution in [3.05, 3.63) is 61.4 Å². The van der Waals surface area contributed by atoms with Crippen LogP contribution in [0.25, 0.3) is 0 Å². The Balaban J connectivity index is 1.52. The molecule has 4 rings (SSSR count). The van der Waals surface area contributed by atoms with E-state index in [9.17, 15) is 29.5 Å². The van der Waals surface area contributed by atoms with E-state index in [0.29, 0.717) is 15.2 Å². The number of aliphatic hydroxyl groups excluding tert-OH is 3. The van der Waals surface area contributed by atoms with Crippen LogP contribution in [0.15, 0.2) is 34.0 Å². The van der Waals surface area contributed by atoms with Crippen molar-refractivity contribution < 1.29 is 42.6 Å². The van der Waals surface area contributed by atoms with Gasteiger partial charge in [-0.3, -0.25) is 23.4 Å². The maximum atomic E-state index is 15.3. The highest BCUT2D eigenvalue weighted by Gasteiger charge is 2.57. The Morgan fingerprint density at radius 3 is 2.84 bits per heavy atom. The van der Waals surface area contributed by atoms with Crippen LogP contribution >= 0.6 is 19.4 Å². The Hall–Kier alpha value is -2.09. The molecule has 174 valence electrons. The smallest absolute Gasteiger partial charge is 0.404 e. The Morgan fingerprint density at radius 2 is 2.12 bits per heavy atom. The van der Waals surface area contributed by atoms with Gasteiger partial charge in [-0.2, -0.15) is 0 Å². The van der Waals surface area contributed by atoms with Crippen molar-refractivity contribution in [3.63, 3.8) is 0 Å². The fourth-order valence-corrected chi connectivity index (χ4v) is 4.62. The second-order valence-corrected chi connectivity index (χ2v) is 9.08. The first kappa shape index (κ1) is 23.1. The van der Waals surface area contributed by atoms with Crippen molar-refractivity contribution in [3.8, 4) is 5.75 Å². The number of rotatable bonds is 5. The maximum absolute atomic E-state index is 15.3. The Bertz CT molecular complexity index is 1200. The highest BCUT2D eigenvalue weighted by atomic mass is 35.5. The predicted molar refractivity (Wildman–Crippen MR) is 104 cm³/mol. The summed E-state index contributed by atoms with van der Waals surface area (Å²) in [7, 11) is -4.33. The van der Waals surface area contributed by atoms with Crippen LogP contribution in [0.1, 0.15) is 17.4 Å². The fraction of sp³-hybridized carbons (Fsp3) is 0.412. The Morgan fingerprint density at radius 1 is 1.38 bits per heavy atom. The lowest BCUT2D eigenvalue weighted by molar-refractivity contribution is -0.205. The van der Waals surface area contributed by atoms with Gasteiger partial charge in [-0.25, -0.2) is 13.8 Å². The normalized spacial score (nSPS) is 31.8. The van der Waals surface area contributed by atoms with Gasteiger partial charge >= 0.3 is 13.5 Å². The molecule has 2 aliphatic heterocycles. The molecule has 32 heavy (non-hydrogen) atoms. The number of aliphatic hydroxyl groups is 3. The number of H-pyrrole nitrogens is 1. The Kier molecular flexibility index (Phi) is 6.03. The molecule has 15 heteroatoms. The predicted octanol–water partition coefficient (Wildman–Crippen LogP) is 0.333. The van der Waals surface area contributed by atoms with Crippen molar-refractivity contribution in [1.29, 1.82) is 0 Å². The van der Waals surface area contributed by atoms with Gasteiger partial charge in [-0.15, -0.1) is 0 Å². The van der Waals surface area contributed by atoms with Crippen LogP contribution in [-0.4, -0.2) is 49.5 Å². The molecule has 0 bridgehead atoms. The van der Waals surface area contributed by atoms with Gasteiger partial charge in [0.15, 0.2) is 6.23 Å². The largest absolute Gasteiger partial charge is 0.530 e. The third-order valence-electron chi connectivity index (χ3n) is 4.89.